The molecule has 3 rings (SSSR count). The third kappa shape index (κ3) is 2.60. The fourth-order valence-corrected chi connectivity index (χ4v) is 3.55. The second-order valence-electron chi connectivity index (χ2n) is 5.06. The molecule has 22 heavy (non-hydrogen) atoms. The van der Waals surface area contributed by atoms with Crippen LogP contribution >= 0.6 is 7.60 Å². The number of aliphatic hydroxyl groups is 1. The van der Waals surface area contributed by atoms with Crippen molar-refractivity contribution in [2.45, 2.75) is 13.2 Å². The molecule has 0 spiro atoms. The molecular weight excluding hydrogens is 303 g/mol. The van der Waals surface area contributed by atoms with Gasteiger partial charge in [0.15, 0.2) is 6.29 Å². The molecule has 3 aromatic rings. The molecule has 0 aliphatic heterocycles. The minimum absolute atomic E-state index is 0.00823. The predicted octanol–water partition coefficient (Wildman–Crippen LogP) is 2.51. The Bertz CT molecular complexity index is 898. The summed E-state index contributed by atoms with van der Waals surface area (Å²) in [5, 5.41) is 12.2. The van der Waals surface area contributed by atoms with E-state index in [0.717, 1.165) is 16.2 Å². The first kappa shape index (κ1) is 15.0. The molecule has 1 unspecified atom stereocenters. The number of hydrogen-bond donors (Lipinski definition) is 3. The van der Waals surface area contributed by atoms with E-state index in [-0.39, 0.29) is 11.1 Å². The smallest absolute Gasteiger partial charge is 0.360 e. The van der Waals surface area contributed by atoms with Crippen molar-refractivity contribution in [1.29, 1.82) is 0 Å². The van der Waals surface area contributed by atoms with Crippen LogP contribution in [0.25, 0.3) is 21.5 Å². The normalized spacial score (nSPS) is 13.5. The summed E-state index contributed by atoms with van der Waals surface area (Å²) in [6, 6.07) is 14.3. The Morgan fingerprint density at radius 3 is 2.32 bits per heavy atom. The molecular formula is C16H15O5P. The molecule has 0 aliphatic rings. The Hall–Kier alpha value is -1.91. The lowest BCUT2D eigenvalue weighted by Gasteiger charge is -2.17. The van der Waals surface area contributed by atoms with Gasteiger partial charge in [0.1, 0.15) is 11.1 Å². The fraction of sp³-hybridized carbons (Fsp3) is 0.125. The van der Waals surface area contributed by atoms with Crippen molar-refractivity contribution in [2.24, 2.45) is 0 Å². The zero-order chi connectivity index (χ0) is 15.9. The number of ether oxygens (including phenoxy) is 1. The molecule has 0 radical (unpaired) electrons. The SMILES string of the molecule is CC(O)Oc1ccc2c(ccc3ccccc32)c1P(=O)(O)O. The lowest BCUT2D eigenvalue weighted by Crippen LogP contribution is -2.17. The summed E-state index contributed by atoms with van der Waals surface area (Å²) in [6.07, 6.45) is -1.16. The van der Waals surface area contributed by atoms with Crippen molar-refractivity contribution in [1.82, 2.24) is 0 Å². The second-order valence-corrected chi connectivity index (χ2v) is 6.59. The molecule has 0 bridgehead atoms. The maximum Gasteiger partial charge on any atom is 0.360 e. The maximum atomic E-state index is 11.9. The summed E-state index contributed by atoms with van der Waals surface area (Å²) in [5.74, 6) is -0.00823. The van der Waals surface area contributed by atoms with Gasteiger partial charge >= 0.3 is 7.60 Å². The topological polar surface area (TPSA) is 87.0 Å². The number of benzene rings is 3. The summed E-state index contributed by atoms with van der Waals surface area (Å²) in [4.78, 5) is 19.4. The van der Waals surface area contributed by atoms with Crippen LogP contribution in [0.1, 0.15) is 6.92 Å². The van der Waals surface area contributed by atoms with Gasteiger partial charge in [-0.2, -0.15) is 0 Å². The highest BCUT2D eigenvalue weighted by Crippen LogP contribution is 2.42. The summed E-state index contributed by atoms with van der Waals surface area (Å²) in [7, 11) is -4.57. The average Bonchev–Trinajstić information content (AvgIpc) is 2.44. The molecule has 114 valence electrons. The van der Waals surface area contributed by atoms with Gasteiger partial charge in [-0.25, -0.2) is 0 Å². The summed E-state index contributed by atoms with van der Waals surface area (Å²) >= 11 is 0. The fourth-order valence-electron chi connectivity index (χ4n) is 2.63. The van der Waals surface area contributed by atoms with E-state index in [0.29, 0.717) is 5.39 Å². The van der Waals surface area contributed by atoms with Crippen molar-refractivity contribution in [3.63, 3.8) is 0 Å². The molecule has 3 aromatic carbocycles. The highest BCUT2D eigenvalue weighted by atomic mass is 31.2. The summed E-state index contributed by atoms with van der Waals surface area (Å²) < 4.78 is 17.1. The highest BCUT2D eigenvalue weighted by molar-refractivity contribution is 7.61. The van der Waals surface area contributed by atoms with Crippen LogP contribution in [-0.2, 0) is 4.57 Å². The molecule has 0 amide bonds. The van der Waals surface area contributed by atoms with Gasteiger partial charge in [-0.15, -0.1) is 0 Å². The van der Waals surface area contributed by atoms with Crippen LogP contribution in [0.15, 0.2) is 48.5 Å². The largest absolute Gasteiger partial charge is 0.464 e. The van der Waals surface area contributed by atoms with E-state index in [1.165, 1.54) is 13.0 Å². The van der Waals surface area contributed by atoms with Crippen LogP contribution in [0.4, 0.5) is 0 Å². The lowest BCUT2D eigenvalue weighted by molar-refractivity contribution is 0.000501. The van der Waals surface area contributed by atoms with E-state index in [1.807, 2.05) is 30.3 Å². The monoisotopic (exact) mass is 318 g/mol. The van der Waals surface area contributed by atoms with E-state index in [2.05, 4.69) is 0 Å². The standard InChI is InChI=1S/C16H15O5P/c1-10(17)21-15-9-8-13-12-5-3-2-4-11(12)6-7-14(13)16(15)22(18,19)20/h2-10,17H,1H3,(H2,18,19,20). The van der Waals surface area contributed by atoms with Gasteiger partial charge in [-0.1, -0.05) is 42.5 Å². The predicted molar refractivity (Wildman–Crippen MR) is 85.4 cm³/mol. The first-order chi connectivity index (χ1) is 10.4. The Labute approximate surface area is 126 Å². The number of fused-ring (bicyclic) bond motifs is 3. The zero-order valence-corrected chi connectivity index (χ0v) is 12.7. The summed E-state index contributed by atoms with van der Waals surface area (Å²) in [6.45, 7) is 1.38. The Kier molecular flexibility index (Phi) is 3.67. The Morgan fingerprint density at radius 1 is 0.955 bits per heavy atom. The van der Waals surface area contributed by atoms with Gasteiger partial charge in [0, 0.05) is 5.39 Å². The van der Waals surface area contributed by atoms with Crippen LogP contribution in [0.5, 0.6) is 5.75 Å². The summed E-state index contributed by atoms with van der Waals surface area (Å²) in [5.41, 5.74) is 0. The van der Waals surface area contributed by atoms with Crippen molar-refractivity contribution in [2.75, 3.05) is 0 Å². The quantitative estimate of drug-likeness (QED) is 0.392. The molecule has 0 aromatic heterocycles. The van der Waals surface area contributed by atoms with Crippen LogP contribution in [0, 0.1) is 0 Å². The van der Waals surface area contributed by atoms with Crippen LogP contribution in [0.3, 0.4) is 0 Å². The van der Waals surface area contributed by atoms with Gasteiger partial charge in [0.2, 0.25) is 0 Å². The highest BCUT2D eigenvalue weighted by Gasteiger charge is 2.27. The van der Waals surface area contributed by atoms with Gasteiger partial charge in [-0.05, 0) is 29.1 Å². The van der Waals surface area contributed by atoms with Crippen molar-refractivity contribution < 1.29 is 24.2 Å². The van der Waals surface area contributed by atoms with Gasteiger partial charge in [0.05, 0.1) is 0 Å². The average molecular weight is 318 g/mol. The van der Waals surface area contributed by atoms with Crippen molar-refractivity contribution >= 4 is 34.4 Å². The molecule has 1 atom stereocenters. The minimum Gasteiger partial charge on any atom is -0.464 e. The van der Waals surface area contributed by atoms with Gasteiger partial charge < -0.3 is 19.6 Å². The lowest BCUT2D eigenvalue weighted by atomic mass is 10.0. The molecule has 0 saturated carbocycles. The number of hydrogen-bond acceptors (Lipinski definition) is 3. The molecule has 5 nitrogen and oxygen atoms in total. The van der Waals surface area contributed by atoms with E-state index in [4.69, 9.17) is 4.74 Å². The van der Waals surface area contributed by atoms with E-state index >= 15 is 0 Å². The molecule has 0 saturated heterocycles. The van der Waals surface area contributed by atoms with E-state index in [1.54, 1.807) is 12.1 Å². The van der Waals surface area contributed by atoms with E-state index in [9.17, 15) is 19.5 Å². The zero-order valence-electron chi connectivity index (χ0n) is 11.8. The Balaban J connectivity index is 2.42. The number of aliphatic hydroxyl groups excluding tert-OH is 1. The first-order valence-corrected chi connectivity index (χ1v) is 8.34. The van der Waals surface area contributed by atoms with Crippen molar-refractivity contribution in [3.8, 4) is 5.75 Å². The van der Waals surface area contributed by atoms with Crippen LogP contribution in [0.2, 0.25) is 0 Å². The third-order valence-corrected chi connectivity index (χ3v) is 4.49. The van der Waals surface area contributed by atoms with Gasteiger partial charge in [-0.3, -0.25) is 4.57 Å². The molecule has 0 aliphatic carbocycles. The second kappa shape index (κ2) is 5.38. The van der Waals surface area contributed by atoms with Crippen LogP contribution in [-0.4, -0.2) is 21.2 Å². The molecule has 6 heteroatoms. The third-order valence-electron chi connectivity index (χ3n) is 3.45. The Morgan fingerprint density at radius 2 is 1.64 bits per heavy atom. The maximum absolute atomic E-state index is 11.9. The van der Waals surface area contributed by atoms with Crippen LogP contribution < -0.4 is 10.0 Å². The molecule has 0 fully saturated rings. The number of rotatable bonds is 3. The van der Waals surface area contributed by atoms with Crippen molar-refractivity contribution in [3.05, 3.63) is 48.5 Å². The first-order valence-electron chi connectivity index (χ1n) is 6.73. The van der Waals surface area contributed by atoms with E-state index < -0.39 is 13.9 Å². The molecule has 3 N–H and O–H groups in total. The molecule has 0 heterocycles. The minimum atomic E-state index is -4.57. The van der Waals surface area contributed by atoms with Gasteiger partial charge in [0.25, 0.3) is 0 Å².